The Balaban J connectivity index is 1.26. The van der Waals surface area contributed by atoms with Crippen molar-refractivity contribution in [2.24, 2.45) is 13.0 Å². The zero-order valence-electron chi connectivity index (χ0n) is 15.0. The molecule has 2 aromatic rings. The zero-order chi connectivity index (χ0) is 18.0. The number of aromatic nitrogens is 3. The lowest BCUT2D eigenvalue weighted by atomic mass is 9.79. The summed E-state index contributed by atoms with van der Waals surface area (Å²) in [4.78, 5) is 18.3. The van der Waals surface area contributed by atoms with Gasteiger partial charge in [-0.2, -0.15) is 5.10 Å². The van der Waals surface area contributed by atoms with Crippen molar-refractivity contribution in [1.29, 1.82) is 0 Å². The monoisotopic (exact) mass is 356 g/mol. The van der Waals surface area contributed by atoms with Gasteiger partial charge in [0.15, 0.2) is 0 Å². The minimum absolute atomic E-state index is 0.0144. The molecule has 0 radical (unpaired) electrons. The summed E-state index contributed by atoms with van der Waals surface area (Å²) in [5.41, 5.74) is 1.44. The third-order valence-electron chi connectivity index (χ3n) is 5.37. The maximum Gasteiger partial charge on any atom is 0.274 e. The average Bonchev–Trinajstić information content (AvgIpc) is 3.24. The number of rotatable bonds is 6. The number of amides is 1. The lowest BCUT2D eigenvalue weighted by Crippen LogP contribution is -2.66. The molecule has 7 heteroatoms. The number of ether oxygens (including phenoxy) is 2. The Bertz CT molecular complexity index is 755. The van der Waals surface area contributed by atoms with Crippen LogP contribution in [0.1, 0.15) is 28.9 Å². The van der Waals surface area contributed by atoms with Crippen LogP contribution in [0.5, 0.6) is 0 Å². The minimum atomic E-state index is -0.190. The highest BCUT2D eigenvalue weighted by Gasteiger charge is 2.54. The first-order valence-electron chi connectivity index (χ1n) is 9.06. The first-order chi connectivity index (χ1) is 12.7. The normalized spacial score (nSPS) is 21.1. The predicted octanol–water partition coefficient (Wildman–Crippen LogP) is 1.65. The van der Waals surface area contributed by atoms with Gasteiger partial charge in [0, 0.05) is 38.9 Å². The first-order valence-corrected chi connectivity index (χ1v) is 9.06. The van der Waals surface area contributed by atoms with E-state index in [1.807, 2.05) is 24.1 Å². The molecule has 2 aliphatic rings. The van der Waals surface area contributed by atoms with Gasteiger partial charge in [-0.25, -0.2) is 0 Å². The van der Waals surface area contributed by atoms with Gasteiger partial charge in [-0.05, 0) is 42.5 Å². The van der Waals surface area contributed by atoms with Crippen molar-refractivity contribution in [2.45, 2.75) is 25.0 Å². The van der Waals surface area contributed by atoms with E-state index in [1.54, 1.807) is 29.3 Å². The molecule has 0 saturated carbocycles. The summed E-state index contributed by atoms with van der Waals surface area (Å²) in [6, 6.07) is 5.69. The van der Waals surface area contributed by atoms with E-state index in [9.17, 15) is 4.79 Å². The second-order valence-electron chi connectivity index (χ2n) is 7.13. The number of hydrogen-bond donors (Lipinski definition) is 0. The zero-order valence-corrected chi connectivity index (χ0v) is 15.0. The number of carbonyl (C=O) groups excluding carboxylic acids is 1. The molecule has 0 N–H and O–H groups in total. The van der Waals surface area contributed by atoms with Crippen LogP contribution in [-0.4, -0.2) is 57.5 Å². The van der Waals surface area contributed by atoms with Crippen LogP contribution < -0.4 is 0 Å². The molecule has 138 valence electrons. The van der Waals surface area contributed by atoms with Gasteiger partial charge in [0.1, 0.15) is 11.3 Å². The molecule has 0 aliphatic carbocycles. The van der Waals surface area contributed by atoms with Crippen LogP contribution in [0.4, 0.5) is 0 Å². The largest absolute Gasteiger partial charge is 0.377 e. The van der Waals surface area contributed by atoms with E-state index >= 15 is 0 Å². The highest BCUT2D eigenvalue weighted by Crippen LogP contribution is 2.42. The van der Waals surface area contributed by atoms with E-state index < -0.39 is 0 Å². The molecule has 1 amide bonds. The summed E-state index contributed by atoms with van der Waals surface area (Å²) in [6.07, 6.45) is 7.33. The SMILES string of the molecule is Cn1ccc(C(=O)N2CC3(C2)OCCC3CCOCc2ccncc2)n1. The Morgan fingerprint density at radius 1 is 1.35 bits per heavy atom. The summed E-state index contributed by atoms with van der Waals surface area (Å²) in [7, 11) is 1.82. The molecule has 4 rings (SSSR count). The van der Waals surface area contributed by atoms with Crippen LogP contribution >= 0.6 is 0 Å². The number of hydrogen-bond acceptors (Lipinski definition) is 5. The van der Waals surface area contributed by atoms with Crippen LogP contribution in [0.2, 0.25) is 0 Å². The fourth-order valence-electron chi connectivity index (χ4n) is 3.87. The van der Waals surface area contributed by atoms with E-state index in [-0.39, 0.29) is 11.5 Å². The molecule has 2 aromatic heterocycles. The Morgan fingerprint density at radius 2 is 2.15 bits per heavy atom. The van der Waals surface area contributed by atoms with Crippen molar-refractivity contribution in [2.75, 3.05) is 26.3 Å². The van der Waals surface area contributed by atoms with Crippen molar-refractivity contribution in [3.05, 3.63) is 48.0 Å². The molecule has 2 saturated heterocycles. The Kier molecular flexibility index (Phi) is 4.74. The fourth-order valence-corrected chi connectivity index (χ4v) is 3.87. The summed E-state index contributed by atoms with van der Waals surface area (Å²) in [5, 5.41) is 4.20. The van der Waals surface area contributed by atoms with E-state index in [0.717, 1.165) is 25.0 Å². The number of aryl methyl sites for hydroxylation is 1. The van der Waals surface area contributed by atoms with Crippen molar-refractivity contribution >= 4 is 5.91 Å². The van der Waals surface area contributed by atoms with Gasteiger partial charge in [0.25, 0.3) is 5.91 Å². The van der Waals surface area contributed by atoms with E-state index in [1.165, 1.54) is 0 Å². The molecule has 2 aliphatic heterocycles. The second-order valence-corrected chi connectivity index (χ2v) is 7.13. The molecule has 7 nitrogen and oxygen atoms in total. The van der Waals surface area contributed by atoms with Gasteiger partial charge >= 0.3 is 0 Å². The Hall–Kier alpha value is -2.25. The van der Waals surface area contributed by atoms with Crippen molar-refractivity contribution in [1.82, 2.24) is 19.7 Å². The van der Waals surface area contributed by atoms with Gasteiger partial charge < -0.3 is 14.4 Å². The highest BCUT2D eigenvalue weighted by atomic mass is 16.5. The standard InChI is InChI=1S/C19H24N4O3/c1-22-9-4-17(21-22)18(24)23-13-19(14-23)16(6-11-26-19)5-10-25-12-15-2-7-20-8-3-15/h2-4,7-9,16H,5-6,10-14H2,1H3. The fraction of sp³-hybridized carbons (Fsp3) is 0.526. The molecule has 26 heavy (non-hydrogen) atoms. The topological polar surface area (TPSA) is 69.5 Å². The molecule has 1 atom stereocenters. The number of nitrogens with zero attached hydrogens (tertiary/aromatic N) is 4. The molecular weight excluding hydrogens is 332 g/mol. The number of likely N-dealkylation sites (tertiary alicyclic amines) is 1. The summed E-state index contributed by atoms with van der Waals surface area (Å²) < 4.78 is 13.5. The smallest absolute Gasteiger partial charge is 0.274 e. The predicted molar refractivity (Wildman–Crippen MR) is 94.4 cm³/mol. The van der Waals surface area contributed by atoms with Crippen LogP contribution in [0.3, 0.4) is 0 Å². The van der Waals surface area contributed by atoms with Crippen LogP contribution in [0, 0.1) is 5.92 Å². The highest BCUT2D eigenvalue weighted by molar-refractivity contribution is 5.93. The maximum atomic E-state index is 12.5. The lowest BCUT2D eigenvalue weighted by Gasteiger charge is -2.50. The van der Waals surface area contributed by atoms with Gasteiger partial charge in [-0.15, -0.1) is 0 Å². The third kappa shape index (κ3) is 3.37. The van der Waals surface area contributed by atoms with Gasteiger partial charge in [0.05, 0.1) is 19.7 Å². The van der Waals surface area contributed by atoms with E-state index in [4.69, 9.17) is 9.47 Å². The Morgan fingerprint density at radius 3 is 2.88 bits per heavy atom. The van der Waals surface area contributed by atoms with Crippen LogP contribution in [0.25, 0.3) is 0 Å². The summed E-state index contributed by atoms with van der Waals surface area (Å²) >= 11 is 0. The maximum absolute atomic E-state index is 12.5. The number of pyridine rings is 1. The molecule has 2 fully saturated rings. The molecule has 0 bridgehead atoms. The van der Waals surface area contributed by atoms with Crippen molar-refractivity contribution in [3.8, 4) is 0 Å². The number of carbonyl (C=O) groups is 1. The van der Waals surface area contributed by atoms with Gasteiger partial charge in [-0.3, -0.25) is 14.5 Å². The first kappa shape index (κ1) is 17.2. The molecular formula is C19H24N4O3. The minimum Gasteiger partial charge on any atom is -0.377 e. The van der Waals surface area contributed by atoms with Crippen molar-refractivity contribution < 1.29 is 14.3 Å². The van der Waals surface area contributed by atoms with E-state index in [0.29, 0.717) is 37.9 Å². The van der Waals surface area contributed by atoms with Gasteiger partial charge in [-0.1, -0.05) is 0 Å². The van der Waals surface area contributed by atoms with Crippen molar-refractivity contribution in [3.63, 3.8) is 0 Å². The molecule has 1 unspecified atom stereocenters. The van der Waals surface area contributed by atoms with Crippen LogP contribution in [-0.2, 0) is 23.1 Å². The van der Waals surface area contributed by atoms with Crippen LogP contribution in [0.15, 0.2) is 36.8 Å². The Labute approximate surface area is 152 Å². The quantitative estimate of drug-likeness (QED) is 0.736. The third-order valence-corrected chi connectivity index (χ3v) is 5.37. The lowest BCUT2D eigenvalue weighted by molar-refractivity contribution is -0.120. The molecule has 1 spiro atoms. The average molecular weight is 356 g/mol. The molecule has 4 heterocycles. The summed E-state index contributed by atoms with van der Waals surface area (Å²) in [5.74, 6) is 0.423. The molecule has 0 aromatic carbocycles. The summed E-state index contributed by atoms with van der Waals surface area (Å²) in [6.45, 7) is 3.37. The second kappa shape index (κ2) is 7.17. The van der Waals surface area contributed by atoms with Gasteiger partial charge in [0.2, 0.25) is 0 Å². The van der Waals surface area contributed by atoms with E-state index in [2.05, 4.69) is 10.1 Å².